The van der Waals surface area contributed by atoms with E-state index in [0.717, 1.165) is 39.0 Å². The Bertz CT molecular complexity index is 1500. The molecule has 2 fully saturated rings. The van der Waals surface area contributed by atoms with Crippen LogP contribution in [0.25, 0.3) is 33.3 Å². The van der Waals surface area contributed by atoms with Gasteiger partial charge in [-0.3, -0.25) is 9.59 Å². The van der Waals surface area contributed by atoms with Crippen LogP contribution in [0.3, 0.4) is 0 Å². The van der Waals surface area contributed by atoms with E-state index in [2.05, 4.69) is 19.9 Å². The molecule has 8 nitrogen and oxygen atoms in total. The topological polar surface area (TPSA) is 111 Å². The van der Waals surface area contributed by atoms with E-state index in [4.69, 9.17) is 5.73 Å². The maximum absolute atomic E-state index is 13.6. The van der Waals surface area contributed by atoms with Crippen LogP contribution in [-0.2, 0) is 0 Å². The first-order valence-corrected chi connectivity index (χ1v) is 12.1. The summed E-state index contributed by atoms with van der Waals surface area (Å²) in [4.78, 5) is 41.1. The highest BCUT2D eigenvalue weighted by molar-refractivity contribution is 6.00. The largest absolute Gasteiger partial charge is 0.397 e. The molecule has 2 aliphatic heterocycles. The van der Waals surface area contributed by atoms with Gasteiger partial charge < -0.3 is 25.5 Å². The summed E-state index contributed by atoms with van der Waals surface area (Å²) in [7, 11) is 0. The maximum atomic E-state index is 13.6. The van der Waals surface area contributed by atoms with Crippen LogP contribution in [-0.4, -0.2) is 62.9 Å². The van der Waals surface area contributed by atoms with Crippen LogP contribution in [0.4, 0.5) is 10.1 Å². The first kappa shape index (κ1) is 21.8. The van der Waals surface area contributed by atoms with Gasteiger partial charge in [0.25, 0.3) is 11.5 Å². The van der Waals surface area contributed by atoms with Crippen LogP contribution >= 0.6 is 0 Å². The van der Waals surface area contributed by atoms with E-state index in [1.54, 1.807) is 12.1 Å². The van der Waals surface area contributed by atoms with Gasteiger partial charge in [-0.15, -0.1) is 0 Å². The van der Waals surface area contributed by atoms with Gasteiger partial charge >= 0.3 is 0 Å². The lowest BCUT2D eigenvalue weighted by Gasteiger charge is -2.28. The Morgan fingerprint density at radius 2 is 1.89 bits per heavy atom. The van der Waals surface area contributed by atoms with Crippen molar-refractivity contribution >= 4 is 33.5 Å². The average molecular weight is 475 g/mol. The van der Waals surface area contributed by atoms with Gasteiger partial charge in [0.1, 0.15) is 17.2 Å². The predicted molar refractivity (Wildman–Crippen MR) is 134 cm³/mol. The summed E-state index contributed by atoms with van der Waals surface area (Å²) in [5, 5.41) is 0.537. The molecule has 4 heterocycles. The molecule has 4 N–H and O–H groups in total. The molecule has 6 rings (SSSR count). The van der Waals surface area contributed by atoms with E-state index in [9.17, 15) is 14.0 Å². The number of amides is 1. The molecule has 9 heteroatoms. The monoisotopic (exact) mass is 474 g/mol. The van der Waals surface area contributed by atoms with Crippen molar-refractivity contribution in [2.45, 2.75) is 31.7 Å². The lowest BCUT2D eigenvalue weighted by molar-refractivity contribution is 0.0709. The molecule has 2 saturated heterocycles. The van der Waals surface area contributed by atoms with Crippen LogP contribution < -0.4 is 11.3 Å². The van der Waals surface area contributed by atoms with Gasteiger partial charge in [0.15, 0.2) is 0 Å². The second-order valence-corrected chi connectivity index (χ2v) is 9.55. The molecule has 0 saturated carbocycles. The molecule has 0 radical (unpaired) electrons. The van der Waals surface area contributed by atoms with E-state index >= 15 is 0 Å². The third-order valence-corrected chi connectivity index (χ3v) is 7.29. The van der Waals surface area contributed by atoms with Gasteiger partial charge in [0.05, 0.1) is 22.2 Å². The van der Waals surface area contributed by atoms with Gasteiger partial charge in [-0.2, -0.15) is 0 Å². The van der Waals surface area contributed by atoms with Crippen LogP contribution in [0, 0.1) is 5.82 Å². The summed E-state index contributed by atoms with van der Waals surface area (Å²) >= 11 is 0. The van der Waals surface area contributed by atoms with E-state index < -0.39 is 11.4 Å². The zero-order valence-corrected chi connectivity index (χ0v) is 19.3. The number of hydrogen-bond acceptors (Lipinski definition) is 5. The van der Waals surface area contributed by atoms with Crippen molar-refractivity contribution in [2.24, 2.45) is 0 Å². The van der Waals surface area contributed by atoms with Crippen molar-refractivity contribution in [1.82, 2.24) is 24.8 Å². The van der Waals surface area contributed by atoms with E-state index in [1.165, 1.54) is 31.0 Å². The SMILES string of the molecule is Nc1c(-c2nc3cc(C(=O)N4CCC[C@@H]4CN4CCCC4)ccc3[nH]2)c(=O)[nH]c2cc(F)ccc12. The second-order valence-electron chi connectivity index (χ2n) is 9.55. The Morgan fingerprint density at radius 3 is 2.71 bits per heavy atom. The summed E-state index contributed by atoms with van der Waals surface area (Å²) < 4.78 is 13.6. The number of carbonyl (C=O) groups excluding carboxylic acids is 1. The molecule has 0 unspecified atom stereocenters. The average Bonchev–Trinajstić information content (AvgIpc) is 3.59. The standard InChI is InChI=1S/C26H27FN6O2/c27-16-6-7-18-20(13-16)31-25(34)22(23(18)28)24-29-19-8-5-15(12-21(19)30-24)26(35)33-11-3-4-17(33)14-32-9-1-2-10-32/h5-8,12-13,17H,1-4,9-11,14H2,(H,29,30)(H3,28,31,34)/t17-/m1/s1. The number of fused-ring (bicyclic) bond motifs is 2. The molecule has 4 aromatic rings. The summed E-state index contributed by atoms with van der Waals surface area (Å²) in [5.74, 6) is -0.132. The number of pyridine rings is 1. The Balaban J connectivity index is 1.32. The van der Waals surface area contributed by atoms with Gasteiger partial charge in [-0.05, 0) is 75.2 Å². The molecule has 2 aliphatic rings. The number of hydrogen-bond donors (Lipinski definition) is 3. The Hall–Kier alpha value is -3.72. The van der Waals surface area contributed by atoms with Crippen molar-refractivity contribution < 1.29 is 9.18 Å². The van der Waals surface area contributed by atoms with Crippen molar-refractivity contribution in [3.63, 3.8) is 0 Å². The molecule has 0 bridgehead atoms. The van der Waals surface area contributed by atoms with Gasteiger partial charge in [0, 0.05) is 30.1 Å². The van der Waals surface area contributed by atoms with Crippen molar-refractivity contribution in [1.29, 1.82) is 0 Å². The number of nitrogens with two attached hydrogens (primary N) is 1. The first-order valence-electron chi connectivity index (χ1n) is 12.1. The van der Waals surface area contributed by atoms with E-state index in [1.807, 2.05) is 11.0 Å². The zero-order chi connectivity index (χ0) is 24.1. The maximum Gasteiger partial charge on any atom is 0.261 e. The molecule has 1 atom stereocenters. The molecule has 2 aromatic carbocycles. The molecule has 0 aliphatic carbocycles. The normalized spacial score (nSPS) is 18.8. The summed E-state index contributed by atoms with van der Waals surface area (Å²) in [6.45, 7) is 3.94. The quantitative estimate of drug-likeness (QED) is 0.419. The van der Waals surface area contributed by atoms with Crippen LogP contribution in [0.2, 0.25) is 0 Å². The number of imidazole rings is 1. The van der Waals surface area contributed by atoms with E-state index in [0.29, 0.717) is 33.3 Å². The minimum Gasteiger partial charge on any atom is -0.397 e. The Labute approximate surface area is 200 Å². The number of halogens is 1. The second kappa shape index (κ2) is 8.49. The summed E-state index contributed by atoms with van der Waals surface area (Å²) in [6, 6.07) is 9.69. The lowest BCUT2D eigenvalue weighted by Crippen LogP contribution is -2.42. The highest BCUT2D eigenvalue weighted by atomic mass is 19.1. The van der Waals surface area contributed by atoms with Crippen molar-refractivity contribution in [2.75, 3.05) is 31.9 Å². The Morgan fingerprint density at radius 1 is 1.06 bits per heavy atom. The fraction of sp³-hybridized carbons (Fsp3) is 0.346. The zero-order valence-electron chi connectivity index (χ0n) is 19.3. The minimum absolute atomic E-state index is 0.0169. The molecule has 1 amide bonds. The third kappa shape index (κ3) is 3.85. The lowest BCUT2D eigenvalue weighted by atomic mass is 10.1. The van der Waals surface area contributed by atoms with Gasteiger partial charge in [0.2, 0.25) is 0 Å². The predicted octanol–water partition coefficient (Wildman–Crippen LogP) is 3.49. The molecular formula is C26H27FN6O2. The number of aromatic amines is 2. The van der Waals surface area contributed by atoms with Crippen molar-refractivity contribution in [3.8, 4) is 11.4 Å². The fourth-order valence-electron chi connectivity index (χ4n) is 5.51. The third-order valence-electron chi connectivity index (χ3n) is 7.29. The number of rotatable bonds is 4. The minimum atomic E-state index is -0.460. The highest BCUT2D eigenvalue weighted by Gasteiger charge is 2.31. The van der Waals surface area contributed by atoms with Crippen LogP contribution in [0.5, 0.6) is 0 Å². The number of likely N-dealkylation sites (tertiary alicyclic amines) is 2. The number of aromatic nitrogens is 3. The number of benzene rings is 2. The molecular weight excluding hydrogens is 447 g/mol. The van der Waals surface area contributed by atoms with Gasteiger partial charge in [-0.1, -0.05) is 0 Å². The fourth-order valence-corrected chi connectivity index (χ4v) is 5.51. The molecule has 0 spiro atoms. The van der Waals surface area contributed by atoms with Crippen molar-refractivity contribution in [3.05, 3.63) is 58.1 Å². The number of H-pyrrole nitrogens is 2. The number of anilines is 1. The highest BCUT2D eigenvalue weighted by Crippen LogP contribution is 2.29. The molecule has 35 heavy (non-hydrogen) atoms. The van der Waals surface area contributed by atoms with Gasteiger partial charge in [-0.25, -0.2) is 9.37 Å². The number of nitrogens with one attached hydrogen (secondary N) is 2. The first-order chi connectivity index (χ1) is 17.0. The number of nitrogen functional groups attached to an aromatic ring is 1. The summed E-state index contributed by atoms with van der Waals surface area (Å²) in [6.07, 6.45) is 4.53. The number of carbonyl (C=O) groups is 1. The van der Waals surface area contributed by atoms with E-state index in [-0.39, 0.29) is 23.2 Å². The molecule has 2 aromatic heterocycles. The Kier molecular flexibility index (Phi) is 5.29. The van der Waals surface area contributed by atoms with Crippen LogP contribution in [0.15, 0.2) is 41.2 Å². The summed E-state index contributed by atoms with van der Waals surface area (Å²) in [5.41, 5.74) is 8.45. The molecule has 180 valence electrons. The smallest absolute Gasteiger partial charge is 0.261 e. The number of nitrogens with zero attached hydrogens (tertiary/aromatic N) is 3. The van der Waals surface area contributed by atoms with Crippen LogP contribution in [0.1, 0.15) is 36.0 Å².